The molecule has 2 N–H and O–H groups in total. The molecule has 30 heavy (non-hydrogen) atoms. The Labute approximate surface area is 177 Å². The second-order valence-electron chi connectivity index (χ2n) is 8.94. The van der Waals surface area contributed by atoms with Crippen LogP contribution in [0.5, 0.6) is 0 Å². The number of imide groups is 1. The summed E-state index contributed by atoms with van der Waals surface area (Å²) < 4.78 is 0. The molecule has 0 atom stereocenters. The van der Waals surface area contributed by atoms with E-state index >= 15 is 0 Å². The van der Waals surface area contributed by atoms with E-state index in [4.69, 9.17) is 0 Å². The molecule has 1 saturated carbocycles. The predicted molar refractivity (Wildman–Crippen MR) is 115 cm³/mol. The van der Waals surface area contributed by atoms with E-state index in [1.165, 1.54) is 0 Å². The van der Waals surface area contributed by atoms with Gasteiger partial charge in [0.25, 0.3) is 5.91 Å². The summed E-state index contributed by atoms with van der Waals surface area (Å²) in [7, 11) is 2.10. The number of amides is 4. The lowest BCUT2D eigenvalue weighted by molar-refractivity contribution is -0.135. The van der Waals surface area contributed by atoms with Gasteiger partial charge in [-0.1, -0.05) is 19.1 Å². The maximum Gasteiger partial charge on any atom is 0.325 e. The van der Waals surface area contributed by atoms with Gasteiger partial charge in [-0.3, -0.25) is 14.5 Å². The van der Waals surface area contributed by atoms with Crippen molar-refractivity contribution in [1.82, 2.24) is 15.1 Å². The highest BCUT2D eigenvalue weighted by Crippen LogP contribution is 2.36. The molecular weight excluding hydrogens is 382 g/mol. The second kappa shape index (κ2) is 8.26. The number of hydrogen-bond donors (Lipinski definition) is 2. The van der Waals surface area contributed by atoms with E-state index in [2.05, 4.69) is 34.4 Å². The van der Waals surface area contributed by atoms with E-state index in [1.807, 2.05) is 24.3 Å². The van der Waals surface area contributed by atoms with Crippen molar-refractivity contribution in [3.05, 3.63) is 24.3 Å². The molecule has 1 aromatic carbocycles. The van der Waals surface area contributed by atoms with Crippen LogP contribution in [0, 0.1) is 5.92 Å². The summed E-state index contributed by atoms with van der Waals surface area (Å²) in [5.41, 5.74) is 0.857. The van der Waals surface area contributed by atoms with Gasteiger partial charge in [-0.05, 0) is 50.8 Å². The number of carbonyl (C=O) groups excluding carboxylic acids is 3. The molecule has 1 aromatic rings. The van der Waals surface area contributed by atoms with Crippen molar-refractivity contribution in [1.29, 1.82) is 0 Å². The van der Waals surface area contributed by atoms with Gasteiger partial charge in [0.05, 0.1) is 11.4 Å². The van der Waals surface area contributed by atoms with Gasteiger partial charge in [-0.2, -0.15) is 0 Å². The zero-order valence-electron chi connectivity index (χ0n) is 17.8. The summed E-state index contributed by atoms with van der Waals surface area (Å²) in [5, 5.41) is 5.79. The number of anilines is 2. The van der Waals surface area contributed by atoms with Crippen molar-refractivity contribution in [2.75, 3.05) is 50.0 Å². The van der Waals surface area contributed by atoms with E-state index < -0.39 is 11.6 Å². The smallest absolute Gasteiger partial charge is 0.325 e. The van der Waals surface area contributed by atoms with Crippen LogP contribution in [0.25, 0.3) is 0 Å². The molecule has 1 aliphatic carbocycles. The van der Waals surface area contributed by atoms with Gasteiger partial charge >= 0.3 is 6.03 Å². The molecule has 0 unspecified atom stereocenters. The number of nitrogens with one attached hydrogen (secondary N) is 2. The molecule has 3 fully saturated rings. The number of likely N-dealkylation sites (N-methyl/N-ethyl adjacent to an activating group) is 1. The Kier molecular flexibility index (Phi) is 5.69. The molecule has 2 aliphatic heterocycles. The van der Waals surface area contributed by atoms with Crippen LogP contribution in [0.1, 0.15) is 32.6 Å². The van der Waals surface area contributed by atoms with Crippen molar-refractivity contribution in [3.63, 3.8) is 0 Å². The fraction of sp³-hybridized carbons (Fsp3) is 0.591. The second-order valence-corrected chi connectivity index (χ2v) is 8.94. The minimum Gasteiger partial charge on any atom is -0.367 e. The van der Waals surface area contributed by atoms with Crippen LogP contribution in [0.2, 0.25) is 0 Å². The lowest BCUT2D eigenvalue weighted by Gasteiger charge is -2.35. The normalized spacial score (nSPS) is 27.5. The minimum atomic E-state index is -0.818. The maximum atomic E-state index is 13.0. The SMILES string of the molecule is CC1CCC2(CC1)NC(=O)N(CC(=O)Nc1ccccc1N1CCN(C)CC1)C2=O. The van der Waals surface area contributed by atoms with E-state index in [0.29, 0.717) is 24.4 Å². The number of carbonyl (C=O) groups is 3. The highest BCUT2D eigenvalue weighted by molar-refractivity contribution is 6.10. The first-order chi connectivity index (χ1) is 14.4. The number of nitrogens with zero attached hydrogens (tertiary/aromatic N) is 3. The average Bonchev–Trinajstić information content (AvgIpc) is 2.96. The zero-order valence-corrected chi connectivity index (χ0v) is 17.8. The molecule has 162 valence electrons. The Morgan fingerprint density at radius 3 is 2.50 bits per heavy atom. The van der Waals surface area contributed by atoms with Gasteiger partial charge in [-0.25, -0.2) is 4.79 Å². The Balaban J connectivity index is 1.42. The number of hydrogen-bond acceptors (Lipinski definition) is 5. The van der Waals surface area contributed by atoms with Gasteiger partial charge in [-0.15, -0.1) is 0 Å². The molecule has 3 aliphatic rings. The third-order valence-corrected chi connectivity index (χ3v) is 6.70. The van der Waals surface area contributed by atoms with Crippen molar-refractivity contribution in [2.45, 2.75) is 38.1 Å². The Morgan fingerprint density at radius 2 is 1.80 bits per heavy atom. The molecule has 0 aromatic heterocycles. The molecule has 2 heterocycles. The first-order valence-corrected chi connectivity index (χ1v) is 10.8. The number of piperazine rings is 1. The highest BCUT2D eigenvalue weighted by atomic mass is 16.2. The first kappa shape index (κ1) is 20.7. The first-order valence-electron chi connectivity index (χ1n) is 10.8. The fourth-order valence-electron chi connectivity index (χ4n) is 4.65. The fourth-order valence-corrected chi connectivity index (χ4v) is 4.65. The van der Waals surface area contributed by atoms with Crippen LogP contribution >= 0.6 is 0 Å². The van der Waals surface area contributed by atoms with E-state index in [-0.39, 0.29) is 18.4 Å². The Bertz CT molecular complexity index is 826. The van der Waals surface area contributed by atoms with Gasteiger partial charge in [0.1, 0.15) is 12.1 Å². The van der Waals surface area contributed by atoms with Crippen molar-refractivity contribution < 1.29 is 14.4 Å². The number of para-hydroxylation sites is 2. The average molecular weight is 414 g/mol. The summed E-state index contributed by atoms with van der Waals surface area (Å²) >= 11 is 0. The minimum absolute atomic E-state index is 0.262. The number of urea groups is 1. The summed E-state index contributed by atoms with van der Waals surface area (Å²) in [6.45, 7) is 5.60. The number of rotatable bonds is 4. The summed E-state index contributed by atoms with van der Waals surface area (Å²) in [4.78, 5) is 43.8. The highest BCUT2D eigenvalue weighted by Gasteiger charge is 2.52. The maximum absolute atomic E-state index is 13.0. The van der Waals surface area contributed by atoms with E-state index in [9.17, 15) is 14.4 Å². The van der Waals surface area contributed by atoms with Crippen LogP contribution in [0.15, 0.2) is 24.3 Å². The molecule has 8 nitrogen and oxygen atoms in total. The number of benzene rings is 1. The Hall–Kier alpha value is -2.61. The largest absolute Gasteiger partial charge is 0.367 e. The summed E-state index contributed by atoms with van der Waals surface area (Å²) in [6.07, 6.45) is 3.10. The van der Waals surface area contributed by atoms with Gasteiger partial charge in [0.2, 0.25) is 5.91 Å². The molecular formula is C22H31N5O3. The molecule has 1 spiro atoms. The monoisotopic (exact) mass is 413 g/mol. The zero-order chi connectivity index (χ0) is 21.3. The third-order valence-electron chi connectivity index (χ3n) is 6.70. The van der Waals surface area contributed by atoms with Crippen molar-refractivity contribution in [2.24, 2.45) is 5.92 Å². The van der Waals surface area contributed by atoms with Gasteiger partial charge < -0.3 is 20.4 Å². The van der Waals surface area contributed by atoms with E-state index in [1.54, 1.807) is 0 Å². The molecule has 0 radical (unpaired) electrons. The Morgan fingerprint density at radius 1 is 1.13 bits per heavy atom. The topological polar surface area (TPSA) is 85.0 Å². The standard InChI is InChI=1S/C22H31N5O3/c1-16-7-9-22(10-8-16)20(29)27(21(30)24-22)15-19(28)23-17-5-3-4-6-18(17)26-13-11-25(2)12-14-26/h3-6,16H,7-15H2,1-2H3,(H,23,28)(H,24,30). The van der Waals surface area contributed by atoms with Crippen LogP contribution < -0.4 is 15.5 Å². The molecule has 2 saturated heterocycles. The lowest BCUT2D eigenvalue weighted by Crippen LogP contribution is -2.49. The quantitative estimate of drug-likeness (QED) is 0.737. The van der Waals surface area contributed by atoms with Crippen molar-refractivity contribution in [3.8, 4) is 0 Å². The van der Waals surface area contributed by atoms with Crippen LogP contribution in [-0.2, 0) is 9.59 Å². The molecule has 0 bridgehead atoms. The van der Waals surface area contributed by atoms with Crippen LogP contribution in [-0.4, -0.2) is 73.0 Å². The summed E-state index contributed by atoms with van der Waals surface area (Å²) in [5.74, 6) is -0.0630. The van der Waals surface area contributed by atoms with Crippen molar-refractivity contribution >= 4 is 29.2 Å². The summed E-state index contributed by atoms with van der Waals surface area (Å²) in [6, 6.07) is 7.22. The molecule has 4 rings (SSSR count). The van der Waals surface area contributed by atoms with Crippen LogP contribution in [0.4, 0.5) is 16.2 Å². The van der Waals surface area contributed by atoms with Crippen LogP contribution in [0.3, 0.4) is 0 Å². The predicted octanol–water partition coefficient (Wildman–Crippen LogP) is 1.88. The van der Waals surface area contributed by atoms with Gasteiger partial charge in [0.15, 0.2) is 0 Å². The lowest BCUT2D eigenvalue weighted by atomic mass is 9.77. The van der Waals surface area contributed by atoms with Gasteiger partial charge in [0, 0.05) is 26.2 Å². The molecule has 4 amide bonds. The third kappa shape index (κ3) is 4.01. The molecule has 8 heteroatoms. The van der Waals surface area contributed by atoms with E-state index in [0.717, 1.165) is 49.6 Å².